The number of benzene rings is 3. The van der Waals surface area contributed by atoms with Crippen molar-refractivity contribution in [1.82, 2.24) is 34.7 Å². The van der Waals surface area contributed by atoms with Crippen molar-refractivity contribution in [2.24, 2.45) is 5.92 Å². The molecule has 278 valence electrons. The van der Waals surface area contributed by atoms with Crippen LogP contribution in [0.1, 0.15) is 47.2 Å². The summed E-state index contributed by atoms with van der Waals surface area (Å²) in [4.78, 5) is 21.5. The molecule has 14 heteroatoms. The number of alkyl halides is 2. The molecule has 3 fully saturated rings. The van der Waals surface area contributed by atoms with E-state index in [1.54, 1.807) is 40.9 Å². The van der Waals surface area contributed by atoms with Crippen molar-refractivity contribution in [2.45, 2.75) is 50.2 Å². The third-order valence-electron chi connectivity index (χ3n) is 11.3. The van der Waals surface area contributed by atoms with Crippen LogP contribution >= 0.6 is 0 Å². The quantitative estimate of drug-likeness (QED) is 0.156. The number of aromatic amines is 1. The van der Waals surface area contributed by atoms with Crippen molar-refractivity contribution in [3.63, 3.8) is 0 Å². The molecule has 0 bridgehead atoms. The van der Waals surface area contributed by atoms with Crippen molar-refractivity contribution >= 4 is 22.5 Å². The minimum absolute atomic E-state index is 0.0205. The average Bonchev–Trinajstić information content (AvgIpc) is 3.44. The lowest BCUT2D eigenvalue weighted by molar-refractivity contribution is -0.0665. The molecule has 3 aromatic carbocycles. The maximum Gasteiger partial charge on any atom is 0.260 e. The van der Waals surface area contributed by atoms with Crippen LogP contribution in [-0.2, 0) is 13.1 Å². The van der Waals surface area contributed by atoms with Gasteiger partial charge in [-0.05, 0) is 92.9 Å². The topological polar surface area (TPSA) is 81.6 Å². The molecule has 2 unspecified atom stereocenters. The lowest BCUT2D eigenvalue weighted by atomic mass is 10.0. The smallest absolute Gasteiger partial charge is 0.260 e. The number of fused-ring (bicyclic) bond motifs is 3. The van der Waals surface area contributed by atoms with Crippen molar-refractivity contribution in [3.05, 3.63) is 113 Å². The Morgan fingerprint density at radius 2 is 1.69 bits per heavy atom. The van der Waals surface area contributed by atoms with Crippen LogP contribution in [0.2, 0.25) is 0 Å². The van der Waals surface area contributed by atoms with Gasteiger partial charge in [0.05, 0.1) is 29.5 Å². The van der Waals surface area contributed by atoms with Crippen LogP contribution in [-0.4, -0.2) is 72.9 Å². The fraction of sp³-hybridized carbons (Fsp3) is 0.325. The number of amides is 1. The second kappa shape index (κ2) is 13.0. The molecule has 2 N–H and O–H groups in total. The number of imidazole rings is 1. The van der Waals surface area contributed by atoms with Gasteiger partial charge < -0.3 is 5.32 Å². The molecule has 2 aliphatic heterocycles. The van der Waals surface area contributed by atoms with E-state index < -0.39 is 41.3 Å². The predicted molar refractivity (Wildman–Crippen MR) is 190 cm³/mol. The number of rotatable bonds is 8. The Morgan fingerprint density at radius 3 is 2.50 bits per heavy atom. The van der Waals surface area contributed by atoms with E-state index in [4.69, 9.17) is 0 Å². The van der Waals surface area contributed by atoms with E-state index in [1.165, 1.54) is 35.4 Å². The van der Waals surface area contributed by atoms with Crippen molar-refractivity contribution in [2.75, 3.05) is 26.2 Å². The number of halogens is 6. The molecule has 54 heavy (non-hydrogen) atoms. The Bertz CT molecular complexity index is 2420. The van der Waals surface area contributed by atoms with Gasteiger partial charge in [-0.1, -0.05) is 6.07 Å². The summed E-state index contributed by atoms with van der Waals surface area (Å²) in [6.07, 6.45) is 4.79. The van der Waals surface area contributed by atoms with E-state index in [1.807, 2.05) is 4.90 Å². The molecular weight excluding hydrogens is 708 g/mol. The lowest BCUT2D eigenvalue weighted by Crippen LogP contribution is -2.50. The molecule has 5 heterocycles. The van der Waals surface area contributed by atoms with Crippen LogP contribution in [0.4, 0.5) is 26.3 Å². The molecule has 0 radical (unpaired) electrons. The first-order chi connectivity index (χ1) is 26.0. The summed E-state index contributed by atoms with van der Waals surface area (Å²) in [6, 6.07) is 15.1. The fourth-order valence-corrected chi connectivity index (χ4v) is 8.34. The molecule has 3 aromatic heterocycles. The molecule has 0 spiro atoms. The first-order valence-corrected chi connectivity index (χ1v) is 18.0. The van der Waals surface area contributed by atoms with Crippen molar-refractivity contribution < 1.29 is 31.1 Å². The first-order valence-electron chi connectivity index (χ1n) is 18.0. The van der Waals surface area contributed by atoms with Crippen LogP contribution in [0.15, 0.2) is 73.1 Å². The summed E-state index contributed by atoms with van der Waals surface area (Å²) in [5, 5.41) is 11.4. The largest absolute Gasteiger partial charge is 0.345 e. The van der Waals surface area contributed by atoms with Gasteiger partial charge in [-0.25, -0.2) is 31.3 Å². The molecule has 1 aliphatic carbocycles. The minimum atomic E-state index is -2.91. The normalized spacial score (nSPS) is 21.4. The number of carbonyl (C=O) groups is 1. The van der Waals surface area contributed by atoms with E-state index >= 15 is 4.39 Å². The van der Waals surface area contributed by atoms with Crippen LogP contribution in [0, 0.1) is 29.2 Å². The summed E-state index contributed by atoms with van der Waals surface area (Å²) in [6.45, 7) is 0.747. The first kappa shape index (κ1) is 34.6. The third kappa shape index (κ3) is 6.20. The van der Waals surface area contributed by atoms with Gasteiger partial charge in [-0.15, -0.1) is 0 Å². The highest BCUT2D eigenvalue weighted by Gasteiger charge is 2.57. The zero-order valence-electron chi connectivity index (χ0n) is 29.0. The number of nitrogens with one attached hydrogen (secondary N) is 2. The molecule has 8 nitrogen and oxygen atoms in total. The molecule has 9 rings (SSSR count). The zero-order valence-corrected chi connectivity index (χ0v) is 29.0. The van der Waals surface area contributed by atoms with Crippen molar-refractivity contribution in [3.8, 4) is 22.5 Å². The zero-order chi connectivity index (χ0) is 37.4. The molecular formula is C40H35F6N7O. The van der Waals surface area contributed by atoms with Gasteiger partial charge in [0.2, 0.25) is 0 Å². The summed E-state index contributed by atoms with van der Waals surface area (Å²) in [5.74, 6) is -5.72. The minimum Gasteiger partial charge on any atom is -0.345 e. The molecule has 1 saturated carbocycles. The van der Waals surface area contributed by atoms with Gasteiger partial charge in [0.15, 0.2) is 0 Å². The monoisotopic (exact) mass is 743 g/mol. The number of piperidine rings is 2. The number of aromatic nitrogens is 4. The highest BCUT2D eigenvalue weighted by Crippen LogP contribution is 2.50. The van der Waals surface area contributed by atoms with Gasteiger partial charge in [0.25, 0.3) is 11.8 Å². The van der Waals surface area contributed by atoms with E-state index in [9.17, 15) is 26.7 Å². The predicted octanol–water partition coefficient (Wildman–Crippen LogP) is 7.73. The molecule has 2 saturated heterocycles. The number of H-pyrrole nitrogens is 1. The fourth-order valence-electron chi connectivity index (χ4n) is 8.34. The molecule has 6 aromatic rings. The summed E-state index contributed by atoms with van der Waals surface area (Å²) < 4.78 is 89.6. The van der Waals surface area contributed by atoms with E-state index in [0.29, 0.717) is 58.7 Å². The van der Waals surface area contributed by atoms with Crippen LogP contribution in [0.25, 0.3) is 39.1 Å². The Kier molecular flexibility index (Phi) is 8.30. The van der Waals surface area contributed by atoms with Gasteiger partial charge in [0.1, 0.15) is 34.6 Å². The third-order valence-corrected chi connectivity index (χ3v) is 11.3. The molecule has 2 atom stereocenters. The number of pyridine rings is 1. The van der Waals surface area contributed by atoms with Crippen LogP contribution in [0.3, 0.4) is 0 Å². The van der Waals surface area contributed by atoms with Crippen molar-refractivity contribution in [1.29, 1.82) is 0 Å². The van der Waals surface area contributed by atoms with E-state index in [-0.39, 0.29) is 54.4 Å². The Balaban J connectivity index is 0.974. The maximum absolute atomic E-state index is 16.0. The SMILES string of the molecule is O=C(NC12CC1CCN(Cc1c(F)cccc1F)C2)c1ccc2[nH]nc(-c3ccc4ncc(-c5ccc(F)c(CN6CCCC(F)(F)C6)c5F)n4c3)c2c1. The second-order valence-corrected chi connectivity index (χ2v) is 14.9. The standard InChI is InChI=1S/C40H35F6N7O/c41-30-3-1-4-31(42)28(30)19-52-14-11-25-16-39(25,21-52)48-38(54)23-5-9-33-27(15-23)37(50-49-33)24-6-10-35-47-17-34(53(35)18-24)26-7-8-32(43)29(36(26)44)20-51-13-2-12-40(45,46)22-51/h1,3-10,15,17-18,25H,2,11-14,16,19-22H2,(H,48,54)(H,49,50). The van der Waals surface area contributed by atoms with Crippen LogP contribution < -0.4 is 5.32 Å². The average molecular weight is 744 g/mol. The number of hydrogen-bond donors (Lipinski definition) is 2. The number of nitrogens with zero attached hydrogens (tertiary/aromatic N) is 5. The van der Waals surface area contributed by atoms with E-state index in [2.05, 4.69) is 20.5 Å². The number of likely N-dealkylation sites (tertiary alicyclic amines) is 2. The van der Waals surface area contributed by atoms with Gasteiger partial charge in [0, 0.05) is 65.5 Å². The highest BCUT2D eigenvalue weighted by atomic mass is 19.3. The summed E-state index contributed by atoms with van der Waals surface area (Å²) in [7, 11) is 0. The Morgan fingerprint density at radius 1 is 0.907 bits per heavy atom. The molecule has 1 amide bonds. The highest BCUT2D eigenvalue weighted by molar-refractivity contribution is 6.02. The second-order valence-electron chi connectivity index (χ2n) is 14.9. The van der Waals surface area contributed by atoms with Gasteiger partial charge in [-0.3, -0.25) is 24.1 Å². The summed E-state index contributed by atoms with van der Waals surface area (Å²) >= 11 is 0. The lowest BCUT2D eigenvalue weighted by Gasteiger charge is -2.33. The molecule has 3 aliphatic rings. The number of hydrogen-bond acceptors (Lipinski definition) is 5. The summed E-state index contributed by atoms with van der Waals surface area (Å²) in [5.41, 5.74) is 2.43. The Hall–Kier alpha value is -5.21. The van der Waals surface area contributed by atoms with Gasteiger partial charge in [-0.2, -0.15) is 5.10 Å². The van der Waals surface area contributed by atoms with Crippen LogP contribution in [0.5, 0.6) is 0 Å². The maximum atomic E-state index is 16.0. The Labute approximate surface area is 305 Å². The van der Waals surface area contributed by atoms with Gasteiger partial charge >= 0.3 is 0 Å². The number of carbonyl (C=O) groups excluding carboxylic acids is 1. The van der Waals surface area contributed by atoms with E-state index in [0.717, 1.165) is 18.9 Å².